The zero-order chi connectivity index (χ0) is 17.7. The summed E-state index contributed by atoms with van der Waals surface area (Å²) in [6.45, 7) is 6.03. The second-order valence-electron chi connectivity index (χ2n) is 5.26. The minimum absolute atomic E-state index is 0.154. The van der Waals surface area contributed by atoms with Gasteiger partial charge in [-0.15, -0.1) is 0 Å². The minimum Gasteiger partial charge on any atom is -0.372 e. The van der Waals surface area contributed by atoms with E-state index in [1.165, 1.54) is 17.0 Å². The van der Waals surface area contributed by atoms with Crippen molar-refractivity contribution in [3.63, 3.8) is 0 Å². The lowest BCUT2D eigenvalue weighted by atomic mass is 10.1. The lowest BCUT2D eigenvalue weighted by Crippen LogP contribution is -2.21. The van der Waals surface area contributed by atoms with Crippen LogP contribution in [0.2, 0.25) is 0 Å². The first-order valence-electron chi connectivity index (χ1n) is 7.71. The molecule has 24 heavy (non-hydrogen) atoms. The molecule has 7 heteroatoms. The molecule has 0 amide bonds. The number of anilines is 1. The number of rotatable bonds is 7. The van der Waals surface area contributed by atoms with Crippen LogP contribution in [-0.4, -0.2) is 33.6 Å². The van der Waals surface area contributed by atoms with Gasteiger partial charge in [0.2, 0.25) is 11.5 Å². The summed E-state index contributed by atoms with van der Waals surface area (Å²) >= 11 is 0. The van der Waals surface area contributed by atoms with Gasteiger partial charge in [0.15, 0.2) is 0 Å². The van der Waals surface area contributed by atoms with Crippen LogP contribution in [0.1, 0.15) is 29.9 Å². The summed E-state index contributed by atoms with van der Waals surface area (Å²) in [5, 5.41) is 14.8. The maximum atomic E-state index is 12.1. The van der Waals surface area contributed by atoms with E-state index >= 15 is 0 Å². The van der Waals surface area contributed by atoms with E-state index in [1.54, 1.807) is 13.1 Å². The average Bonchev–Trinajstić information content (AvgIpc) is 2.97. The molecular weight excluding hydrogens is 308 g/mol. The standard InChI is InChI=1S/C17H20N4O3/c1-4-20(5-2)14-9-6-13(7-10-14)8-11-16(22)17-15(21(23)24)12-19(3)18-17/h6-12H,4-5H2,1-3H3/b11-8+. The van der Waals surface area contributed by atoms with E-state index in [9.17, 15) is 14.9 Å². The van der Waals surface area contributed by atoms with E-state index in [0.717, 1.165) is 24.3 Å². The lowest BCUT2D eigenvalue weighted by Gasteiger charge is -2.20. The number of carbonyl (C=O) groups excluding carboxylic acids is 1. The van der Waals surface area contributed by atoms with Crippen LogP contribution in [0, 0.1) is 10.1 Å². The number of aromatic nitrogens is 2. The molecule has 0 aliphatic carbocycles. The van der Waals surface area contributed by atoms with Gasteiger partial charge in [0.1, 0.15) is 6.20 Å². The Balaban J connectivity index is 2.16. The molecule has 0 aliphatic heterocycles. The minimum atomic E-state index is -0.604. The van der Waals surface area contributed by atoms with Crippen molar-refractivity contribution in [2.75, 3.05) is 18.0 Å². The number of allylic oxidation sites excluding steroid dienone is 1. The van der Waals surface area contributed by atoms with Crippen molar-refractivity contribution < 1.29 is 9.72 Å². The SMILES string of the molecule is CCN(CC)c1ccc(/C=C/C(=O)c2nn(C)cc2[N+](=O)[O-])cc1. The third-order valence-electron chi connectivity index (χ3n) is 3.69. The Hall–Kier alpha value is -2.96. The Kier molecular flexibility index (Phi) is 5.47. The van der Waals surface area contributed by atoms with Crippen LogP contribution in [0.5, 0.6) is 0 Å². The van der Waals surface area contributed by atoms with Crippen LogP contribution in [0.3, 0.4) is 0 Å². The van der Waals surface area contributed by atoms with Crippen molar-refractivity contribution in [1.82, 2.24) is 9.78 Å². The van der Waals surface area contributed by atoms with E-state index in [4.69, 9.17) is 0 Å². The molecule has 0 fully saturated rings. The van der Waals surface area contributed by atoms with Gasteiger partial charge in [0.05, 0.1) is 4.92 Å². The molecular formula is C17H20N4O3. The number of benzene rings is 1. The fourth-order valence-corrected chi connectivity index (χ4v) is 2.42. The molecule has 2 aromatic rings. The molecule has 7 nitrogen and oxygen atoms in total. The first-order valence-corrected chi connectivity index (χ1v) is 7.71. The predicted molar refractivity (Wildman–Crippen MR) is 93.2 cm³/mol. The van der Waals surface area contributed by atoms with E-state index < -0.39 is 10.7 Å². The molecule has 0 saturated heterocycles. The number of carbonyl (C=O) groups is 1. The summed E-state index contributed by atoms with van der Waals surface area (Å²) in [7, 11) is 1.54. The number of nitrogens with zero attached hydrogens (tertiary/aromatic N) is 4. The fourth-order valence-electron chi connectivity index (χ4n) is 2.42. The monoisotopic (exact) mass is 328 g/mol. The highest BCUT2D eigenvalue weighted by Crippen LogP contribution is 2.18. The number of nitro groups is 1. The Morgan fingerprint density at radius 1 is 1.29 bits per heavy atom. The molecule has 0 aliphatic rings. The Bertz CT molecular complexity index is 759. The zero-order valence-electron chi connectivity index (χ0n) is 14.0. The molecule has 0 unspecified atom stereocenters. The number of ketones is 1. The molecule has 0 radical (unpaired) electrons. The predicted octanol–water partition coefficient (Wildman–Crippen LogP) is 3.07. The molecule has 0 atom stereocenters. The van der Waals surface area contributed by atoms with Gasteiger partial charge in [-0.1, -0.05) is 18.2 Å². The molecule has 2 rings (SSSR count). The van der Waals surface area contributed by atoms with Crippen LogP contribution < -0.4 is 4.90 Å². The quantitative estimate of drug-likeness (QED) is 0.338. The lowest BCUT2D eigenvalue weighted by molar-refractivity contribution is -0.385. The summed E-state index contributed by atoms with van der Waals surface area (Å²) in [5.74, 6) is -0.491. The van der Waals surface area contributed by atoms with Gasteiger partial charge in [-0.25, -0.2) is 0 Å². The van der Waals surface area contributed by atoms with Gasteiger partial charge in [-0.2, -0.15) is 5.10 Å². The first-order chi connectivity index (χ1) is 11.5. The van der Waals surface area contributed by atoms with Crippen molar-refractivity contribution in [3.8, 4) is 0 Å². The Morgan fingerprint density at radius 2 is 1.92 bits per heavy atom. The normalized spacial score (nSPS) is 11.0. The number of aryl methyl sites for hydroxylation is 1. The van der Waals surface area contributed by atoms with E-state index in [2.05, 4.69) is 23.8 Å². The number of hydrogen-bond donors (Lipinski definition) is 0. The second-order valence-corrected chi connectivity index (χ2v) is 5.26. The van der Waals surface area contributed by atoms with Crippen molar-refractivity contribution in [1.29, 1.82) is 0 Å². The highest BCUT2D eigenvalue weighted by Gasteiger charge is 2.22. The molecule has 1 aromatic heterocycles. The molecule has 0 bridgehead atoms. The van der Waals surface area contributed by atoms with Crippen LogP contribution >= 0.6 is 0 Å². The largest absolute Gasteiger partial charge is 0.372 e. The topological polar surface area (TPSA) is 81.3 Å². The summed E-state index contributed by atoms with van der Waals surface area (Å²) < 4.78 is 1.26. The van der Waals surface area contributed by atoms with Crippen molar-refractivity contribution in [3.05, 3.63) is 57.9 Å². The summed E-state index contributed by atoms with van der Waals surface area (Å²) in [4.78, 5) is 24.7. The van der Waals surface area contributed by atoms with Gasteiger partial charge in [-0.05, 0) is 37.6 Å². The van der Waals surface area contributed by atoms with Gasteiger partial charge < -0.3 is 4.90 Å². The van der Waals surface area contributed by atoms with Crippen molar-refractivity contribution in [2.24, 2.45) is 7.05 Å². The van der Waals surface area contributed by atoms with Crippen molar-refractivity contribution >= 4 is 23.2 Å². The van der Waals surface area contributed by atoms with E-state index in [-0.39, 0.29) is 11.4 Å². The van der Waals surface area contributed by atoms with Crippen LogP contribution in [0.25, 0.3) is 6.08 Å². The van der Waals surface area contributed by atoms with Gasteiger partial charge in [0, 0.05) is 25.8 Å². The molecule has 0 spiro atoms. The Morgan fingerprint density at radius 3 is 2.46 bits per heavy atom. The van der Waals surface area contributed by atoms with Gasteiger partial charge >= 0.3 is 5.69 Å². The van der Waals surface area contributed by atoms with Crippen LogP contribution in [0.15, 0.2) is 36.5 Å². The van der Waals surface area contributed by atoms with Crippen molar-refractivity contribution in [2.45, 2.75) is 13.8 Å². The maximum absolute atomic E-state index is 12.1. The highest BCUT2D eigenvalue weighted by molar-refractivity contribution is 6.07. The maximum Gasteiger partial charge on any atom is 0.318 e. The van der Waals surface area contributed by atoms with Crippen LogP contribution in [-0.2, 0) is 7.05 Å². The molecule has 1 aromatic carbocycles. The van der Waals surface area contributed by atoms with E-state index in [0.29, 0.717) is 0 Å². The smallest absolute Gasteiger partial charge is 0.318 e. The number of hydrogen-bond acceptors (Lipinski definition) is 5. The fraction of sp³-hybridized carbons (Fsp3) is 0.294. The zero-order valence-corrected chi connectivity index (χ0v) is 14.0. The molecule has 126 valence electrons. The molecule has 0 saturated carbocycles. The summed E-state index contributed by atoms with van der Waals surface area (Å²) in [5.41, 5.74) is 1.52. The van der Waals surface area contributed by atoms with Gasteiger partial charge in [-0.3, -0.25) is 19.6 Å². The summed E-state index contributed by atoms with van der Waals surface area (Å²) in [6.07, 6.45) is 4.16. The third-order valence-corrected chi connectivity index (χ3v) is 3.69. The first kappa shape index (κ1) is 17.4. The molecule has 1 heterocycles. The van der Waals surface area contributed by atoms with Crippen LogP contribution in [0.4, 0.5) is 11.4 Å². The Labute approximate surface area is 140 Å². The second kappa shape index (κ2) is 7.54. The molecule has 0 N–H and O–H groups in total. The van der Waals surface area contributed by atoms with E-state index in [1.807, 2.05) is 24.3 Å². The third kappa shape index (κ3) is 3.87. The van der Waals surface area contributed by atoms with Gasteiger partial charge in [0.25, 0.3) is 0 Å². The average molecular weight is 328 g/mol. The summed E-state index contributed by atoms with van der Waals surface area (Å²) in [6, 6.07) is 7.79. The highest BCUT2D eigenvalue weighted by atomic mass is 16.6.